The zero-order valence-corrected chi connectivity index (χ0v) is 19.4. The normalized spacial score (nSPS) is 13.2. The lowest BCUT2D eigenvalue weighted by atomic mass is 9.82. The molecule has 4 aromatic rings. The molecule has 5 rings (SSSR count). The highest BCUT2D eigenvalue weighted by molar-refractivity contribution is 6.58. The molecule has 1 aliphatic rings. The minimum absolute atomic E-state index is 0.183. The number of hydrogen-bond donors (Lipinski definition) is 3. The molecule has 1 saturated carbocycles. The largest absolute Gasteiger partial charge is 0.490 e. The number of carbonyl (C=O) groups excluding carboxylic acids is 1. The number of amides is 1. The van der Waals surface area contributed by atoms with Crippen LogP contribution in [0.2, 0.25) is 0 Å². The topological polar surface area (TPSA) is 98.8 Å². The van der Waals surface area contributed by atoms with Crippen LogP contribution in [0.3, 0.4) is 0 Å². The number of aryl methyl sites for hydroxylation is 1. The van der Waals surface area contributed by atoms with E-state index in [0.29, 0.717) is 34.1 Å². The van der Waals surface area contributed by atoms with Crippen LogP contribution >= 0.6 is 0 Å². The predicted octanol–water partition coefficient (Wildman–Crippen LogP) is 3.49. The summed E-state index contributed by atoms with van der Waals surface area (Å²) in [5.74, 6) is 1.45. The van der Waals surface area contributed by atoms with Gasteiger partial charge in [-0.25, -0.2) is 4.98 Å². The third kappa shape index (κ3) is 3.95. The van der Waals surface area contributed by atoms with Gasteiger partial charge in [0.2, 0.25) is 0 Å². The first-order valence-corrected chi connectivity index (χ1v) is 11.3. The molecule has 3 N–H and O–H groups in total. The molecule has 8 heteroatoms. The molecule has 1 fully saturated rings. The molecule has 1 aliphatic carbocycles. The van der Waals surface area contributed by atoms with Crippen molar-refractivity contribution >= 4 is 41.0 Å². The molecule has 0 radical (unpaired) electrons. The zero-order valence-electron chi connectivity index (χ0n) is 19.4. The fourth-order valence-corrected chi connectivity index (χ4v) is 4.29. The van der Waals surface area contributed by atoms with Gasteiger partial charge in [0.1, 0.15) is 17.2 Å². The molecular formula is C26H26BN3O4. The molecule has 2 aromatic carbocycles. The average molecular weight is 455 g/mol. The highest BCUT2D eigenvalue weighted by Crippen LogP contribution is 2.48. The van der Waals surface area contributed by atoms with Crippen LogP contribution in [0.15, 0.2) is 59.1 Å². The summed E-state index contributed by atoms with van der Waals surface area (Å²) in [5, 5.41) is 22.3. The van der Waals surface area contributed by atoms with E-state index >= 15 is 0 Å². The SMILES string of the molecule is CNC(=O)c1c(-c2ccc(C)cc2)oc2cc(N(C)c3ccc(B(O)O)cn3)c(C3CC3)cc12. The number of aromatic nitrogens is 1. The van der Waals surface area contributed by atoms with Gasteiger partial charge in [-0.15, -0.1) is 0 Å². The summed E-state index contributed by atoms with van der Waals surface area (Å²) >= 11 is 0. The summed E-state index contributed by atoms with van der Waals surface area (Å²) in [7, 11) is 1.99. The molecule has 2 heterocycles. The Bertz CT molecular complexity index is 1360. The number of pyridine rings is 1. The first-order chi connectivity index (χ1) is 16.4. The number of nitrogens with zero attached hydrogens (tertiary/aromatic N) is 2. The summed E-state index contributed by atoms with van der Waals surface area (Å²) < 4.78 is 6.31. The quantitative estimate of drug-likeness (QED) is 0.385. The number of nitrogens with one attached hydrogen (secondary N) is 1. The summed E-state index contributed by atoms with van der Waals surface area (Å²) in [5.41, 5.74) is 5.58. The Labute approximate surface area is 198 Å². The van der Waals surface area contributed by atoms with Crippen LogP contribution in [-0.2, 0) is 0 Å². The summed E-state index contributed by atoms with van der Waals surface area (Å²) in [6.45, 7) is 2.02. The number of carbonyl (C=O) groups is 1. The summed E-state index contributed by atoms with van der Waals surface area (Å²) in [6, 6.07) is 15.4. The smallest absolute Gasteiger partial charge is 0.455 e. The molecular weight excluding hydrogens is 429 g/mol. The molecule has 0 saturated heterocycles. The number of rotatable bonds is 6. The molecule has 1 amide bonds. The van der Waals surface area contributed by atoms with Crippen molar-refractivity contribution < 1.29 is 19.3 Å². The Hall–Kier alpha value is -3.62. The van der Waals surface area contributed by atoms with Crippen LogP contribution in [-0.4, -0.2) is 42.2 Å². The second kappa shape index (κ2) is 8.63. The number of anilines is 2. The minimum atomic E-state index is -1.56. The molecule has 0 atom stereocenters. The number of furan rings is 1. The average Bonchev–Trinajstić information content (AvgIpc) is 3.63. The fourth-order valence-electron chi connectivity index (χ4n) is 4.29. The van der Waals surface area contributed by atoms with Crippen molar-refractivity contribution in [1.82, 2.24) is 10.3 Å². The molecule has 0 bridgehead atoms. The van der Waals surface area contributed by atoms with E-state index in [2.05, 4.69) is 16.4 Å². The van der Waals surface area contributed by atoms with Gasteiger partial charge in [0, 0.05) is 48.5 Å². The monoisotopic (exact) mass is 455 g/mol. The van der Waals surface area contributed by atoms with Gasteiger partial charge in [-0.05, 0) is 43.4 Å². The predicted molar refractivity (Wildman–Crippen MR) is 134 cm³/mol. The maximum Gasteiger partial charge on any atom is 0.490 e. The molecule has 7 nitrogen and oxygen atoms in total. The van der Waals surface area contributed by atoms with Crippen LogP contribution in [0.1, 0.15) is 40.2 Å². The fraction of sp³-hybridized carbons (Fsp3) is 0.231. The van der Waals surface area contributed by atoms with E-state index in [9.17, 15) is 14.8 Å². The Morgan fingerprint density at radius 3 is 2.47 bits per heavy atom. The van der Waals surface area contributed by atoms with E-state index in [1.807, 2.05) is 49.2 Å². The van der Waals surface area contributed by atoms with Crippen LogP contribution in [0, 0.1) is 6.92 Å². The second-order valence-electron chi connectivity index (χ2n) is 8.82. The lowest BCUT2D eigenvalue weighted by molar-refractivity contribution is 0.0964. The molecule has 0 aliphatic heterocycles. The van der Waals surface area contributed by atoms with Gasteiger partial charge in [-0.3, -0.25) is 4.79 Å². The van der Waals surface area contributed by atoms with Gasteiger partial charge in [0.25, 0.3) is 5.91 Å². The maximum absolute atomic E-state index is 12.9. The van der Waals surface area contributed by atoms with Crippen molar-refractivity contribution in [2.24, 2.45) is 0 Å². The Morgan fingerprint density at radius 1 is 1.15 bits per heavy atom. The molecule has 34 heavy (non-hydrogen) atoms. The highest BCUT2D eigenvalue weighted by atomic mass is 16.4. The summed E-state index contributed by atoms with van der Waals surface area (Å²) in [6.07, 6.45) is 3.64. The van der Waals surface area contributed by atoms with Crippen molar-refractivity contribution in [3.8, 4) is 11.3 Å². The lowest BCUT2D eigenvalue weighted by Crippen LogP contribution is -2.30. The summed E-state index contributed by atoms with van der Waals surface area (Å²) in [4.78, 5) is 19.3. The van der Waals surface area contributed by atoms with Gasteiger partial charge < -0.3 is 24.7 Å². The van der Waals surface area contributed by atoms with E-state index in [1.54, 1.807) is 19.2 Å². The molecule has 172 valence electrons. The van der Waals surface area contributed by atoms with E-state index < -0.39 is 7.12 Å². The van der Waals surface area contributed by atoms with Gasteiger partial charge in [0.05, 0.1) is 5.56 Å². The number of hydrogen-bond acceptors (Lipinski definition) is 6. The van der Waals surface area contributed by atoms with E-state index in [1.165, 1.54) is 6.20 Å². The van der Waals surface area contributed by atoms with Crippen LogP contribution < -0.4 is 15.7 Å². The van der Waals surface area contributed by atoms with Gasteiger partial charge >= 0.3 is 7.12 Å². The van der Waals surface area contributed by atoms with Crippen molar-refractivity contribution in [2.45, 2.75) is 25.7 Å². The van der Waals surface area contributed by atoms with Crippen LogP contribution in [0.25, 0.3) is 22.3 Å². The molecule has 2 aromatic heterocycles. The van der Waals surface area contributed by atoms with E-state index in [0.717, 1.165) is 40.6 Å². The van der Waals surface area contributed by atoms with Crippen molar-refractivity contribution in [3.05, 3.63) is 71.4 Å². The molecule has 0 unspecified atom stereocenters. The lowest BCUT2D eigenvalue weighted by Gasteiger charge is -2.22. The Balaban J connectivity index is 1.67. The number of benzene rings is 2. The zero-order chi connectivity index (χ0) is 24.0. The Kier molecular flexibility index (Phi) is 5.63. The van der Waals surface area contributed by atoms with Crippen molar-refractivity contribution in [3.63, 3.8) is 0 Å². The number of fused-ring (bicyclic) bond motifs is 1. The van der Waals surface area contributed by atoms with Gasteiger partial charge in [-0.1, -0.05) is 35.9 Å². The van der Waals surface area contributed by atoms with Crippen LogP contribution in [0.4, 0.5) is 11.5 Å². The van der Waals surface area contributed by atoms with Gasteiger partial charge in [0.15, 0.2) is 0 Å². The van der Waals surface area contributed by atoms with Crippen molar-refractivity contribution in [1.29, 1.82) is 0 Å². The van der Waals surface area contributed by atoms with Crippen LogP contribution in [0.5, 0.6) is 0 Å². The highest BCUT2D eigenvalue weighted by Gasteiger charge is 2.31. The first-order valence-electron chi connectivity index (χ1n) is 11.3. The first kappa shape index (κ1) is 22.2. The van der Waals surface area contributed by atoms with Gasteiger partial charge in [-0.2, -0.15) is 0 Å². The third-order valence-electron chi connectivity index (χ3n) is 6.40. The maximum atomic E-state index is 12.9. The minimum Gasteiger partial charge on any atom is -0.455 e. The standard InChI is InChI=1S/C26H26BN3O4/c1-15-4-6-17(7-5-15)25-24(26(31)28-2)20-12-19(16-8-9-16)21(13-22(20)34-25)30(3)23-11-10-18(14-29-23)27(32)33/h4-7,10-14,16,32-33H,8-9H2,1-3H3,(H,28,31). The van der Waals surface area contributed by atoms with E-state index in [4.69, 9.17) is 4.42 Å². The Morgan fingerprint density at radius 2 is 1.88 bits per heavy atom. The second-order valence-corrected chi connectivity index (χ2v) is 8.82. The molecule has 0 spiro atoms. The van der Waals surface area contributed by atoms with Crippen molar-refractivity contribution in [2.75, 3.05) is 19.0 Å². The van der Waals surface area contributed by atoms with E-state index in [-0.39, 0.29) is 5.91 Å². The third-order valence-corrected chi connectivity index (χ3v) is 6.40.